The minimum atomic E-state index is -4.41. The Balaban J connectivity index is 1.77. The van der Waals surface area contributed by atoms with Crippen LogP contribution in [-0.2, 0) is 6.18 Å². The van der Waals surface area contributed by atoms with Crippen molar-refractivity contribution in [2.45, 2.75) is 25.1 Å². The molecule has 6 heteroatoms. The number of halogens is 3. The van der Waals surface area contributed by atoms with Gasteiger partial charge in [-0.2, -0.15) is 18.4 Å². The number of rotatable bonds is 2. The number of hydrogen-bond donors (Lipinski definition) is 0. The zero-order chi connectivity index (χ0) is 15.0. The highest BCUT2D eigenvalue weighted by Crippen LogP contribution is 2.33. The molecule has 1 saturated heterocycles. The van der Waals surface area contributed by atoms with E-state index in [1.165, 1.54) is 18.9 Å². The third-order valence-corrected chi connectivity index (χ3v) is 4.16. The lowest BCUT2D eigenvalue weighted by Crippen LogP contribution is -2.47. The lowest BCUT2D eigenvalue weighted by atomic mass is 10.1. The second-order valence-electron chi connectivity index (χ2n) is 5.60. The van der Waals surface area contributed by atoms with Crippen LogP contribution in [0.1, 0.15) is 24.0 Å². The molecule has 0 atom stereocenters. The van der Waals surface area contributed by atoms with Crippen molar-refractivity contribution in [3.8, 4) is 6.07 Å². The van der Waals surface area contributed by atoms with Gasteiger partial charge < -0.3 is 4.90 Å². The Hall–Kier alpha value is -1.74. The normalized spacial score (nSPS) is 20.4. The number of nitrogens with zero attached hydrogens (tertiary/aromatic N) is 3. The smallest absolute Gasteiger partial charge is 0.368 e. The lowest BCUT2D eigenvalue weighted by molar-refractivity contribution is -0.137. The molecule has 1 saturated carbocycles. The van der Waals surface area contributed by atoms with Gasteiger partial charge in [-0.05, 0) is 31.0 Å². The molecular formula is C15H16F3N3. The number of anilines is 1. The van der Waals surface area contributed by atoms with Gasteiger partial charge in [0, 0.05) is 32.2 Å². The zero-order valence-electron chi connectivity index (χ0n) is 11.5. The summed E-state index contributed by atoms with van der Waals surface area (Å²) < 4.78 is 38.1. The van der Waals surface area contributed by atoms with Crippen molar-refractivity contribution in [3.05, 3.63) is 29.3 Å². The molecule has 3 nitrogen and oxygen atoms in total. The van der Waals surface area contributed by atoms with E-state index in [2.05, 4.69) is 4.90 Å². The van der Waals surface area contributed by atoms with Gasteiger partial charge in [0.05, 0.1) is 16.8 Å². The Kier molecular flexibility index (Phi) is 3.54. The zero-order valence-corrected chi connectivity index (χ0v) is 11.5. The molecule has 0 radical (unpaired) electrons. The molecule has 1 heterocycles. The molecule has 2 aliphatic rings. The van der Waals surface area contributed by atoms with E-state index >= 15 is 0 Å². The molecular weight excluding hydrogens is 279 g/mol. The molecule has 0 spiro atoms. The summed E-state index contributed by atoms with van der Waals surface area (Å²) in [6, 6.07) is 6.03. The minimum absolute atomic E-state index is 0.102. The summed E-state index contributed by atoms with van der Waals surface area (Å²) in [6.45, 7) is 3.35. The van der Waals surface area contributed by atoms with Crippen LogP contribution < -0.4 is 4.90 Å². The van der Waals surface area contributed by atoms with Crippen molar-refractivity contribution in [2.24, 2.45) is 0 Å². The van der Waals surface area contributed by atoms with Crippen LogP contribution >= 0.6 is 0 Å². The standard InChI is InChI=1S/C15H16F3N3/c16-15(17,18)12-1-4-14(11(9-12)10-19)21-7-5-20(6-8-21)13-2-3-13/h1,4,9,13H,2-3,5-8H2. The van der Waals surface area contributed by atoms with E-state index in [9.17, 15) is 13.2 Å². The molecule has 21 heavy (non-hydrogen) atoms. The quantitative estimate of drug-likeness (QED) is 0.840. The van der Waals surface area contributed by atoms with E-state index in [4.69, 9.17) is 5.26 Å². The molecule has 1 aliphatic carbocycles. The third kappa shape index (κ3) is 2.98. The van der Waals surface area contributed by atoms with Crippen molar-refractivity contribution in [1.82, 2.24) is 4.90 Å². The fourth-order valence-electron chi connectivity index (χ4n) is 2.85. The highest BCUT2D eigenvalue weighted by molar-refractivity contribution is 5.61. The lowest BCUT2D eigenvalue weighted by Gasteiger charge is -2.36. The Morgan fingerprint density at radius 1 is 1.10 bits per heavy atom. The molecule has 112 valence electrons. The molecule has 1 aliphatic heterocycles. The molecule has 0 bridgehead atoms. The van der Waals surface area contributed by atoms with Crippen LogP contribution in [0, 0.1) is 11.3 Å². The van der Waals surface area contributed by atoms with E-state index in [-0.39, 0.29) is 5.56 Å². The predicted molar refractivity (Wildman–Crippen MR) is 73.0 cm³/mol. The van der Waals surface area contributed by atoms with Gasteiger partial charge in [0.2, 0.25) is 0 Å². The van der Waals surface area contributed by atoms with Gasteiger partial charge in [-0.3, -0.25) is 4.90 Å². The van der Waals surface area contributed by atoms with E-state index in [0.29, 0.717) is 11.7 Å². The first kappa shape index (κ1) is 14.2. The fourth-order valence-corrected chi connectivity index (χ4v) is 2.85. The van der Waals surface area contributed by atoms with Gasteiger partial charge in [0.1, 0.15) is 6.07 Å². The van der Waals surface area contributed by atoms with Crippen LogP contribution in [0.5, 0.6) is 0 Å². The average molecular weight is 295 g/mol. The summed E-state index contributed by atoms with van der Waals surface area (Å²) in [6.07, 6.45) is -1.90. The summed E-state index contributed by atoms with van der Waals surface area (Å²) in [7, 11) is 0. The third-order valence-electron chi connectivity index (χ3n) is 4.16. The number of nitriles is 1. The van der Waals surface area contributed by atoms with Crippen LogP contribution in [-0.4, -0.2) is 37.1 Å². The summed E-state index contributed by atoms with van der Waals surface area (Å²) >= 11 is 0. The Morgan fingerprint density at radius 3 is 2.29 bits per heavy atom. The van der Waals surface area contributed by atoms with Crippen LogP contribution in [0.3, 0.4) is 0 Å². The number of piperazine rings is 1. The molecule has 0 amide bonds. The molecule has 0 aromatic heterocycles. The van der Waals surface area contributed by atoms with Gasteiger partial charge in [0.15, 0.2) is 0 Å². The second-order valence-corrected chi connectivity index (χ2v) is 5.60. The van der Waals surface area contributed by atoms with Crippen molar-refractivity contribution in [1.29, 1.82) is 5.26 Å². The van der Waals surface area contributed by atoms with Crippen molar-refractivity contribution in [3.63, 3.8) is 0 Å². The first-order valence-electron chi connectivity index (χ1n) is 7.09. The maximum atomic E-state index is 12.7. The molecule has 0 unspecified atom stereocenters. The molecule has 1 aromatic carbocycles. The van der Waals surface area contributed by atoms with Gasteiger partial charge in [-0.25, -0.2) is 0 Å². The largest absolute Gasteiger partial charge is 0.416 e. The first-order chi connectivity index (χ1) is 9.99. The van der Waals surface area contributed by atoms with Crippen molar-refractivity contribution >= 4 is 5.69 Å². The average Bonchev–Trinajstić information content (AvgIpc) is 3.30. The van der Waals surface area contributed by atoms with Gasteiger partial charge in [-0.15, -0.1) is 0 Å². The predicted octanol–water partition coefficient (Wildman–Crippen LogP) is 2.86. The maximum Gasteiger partial charge on any atom is 0.416 e. The van der Waals surface area contributed by atoms with Crippen LogP contribution in [0.15, 0.2) is 18.2 Å². The highest BCUT2D eigenvalue weighted by atomic mass is 19.4. The van der Waals surface area contributed by atoms with Gasteiger partial charge >= 0.3 is 6.18 Å². The van der Waals surface area contributed by atoms with E-state index < -0.39 is 11.7 Å². The monoisotopic (exact) mass is 295 g/mol. The second kappa shape index (κ2) is 5.23. The SMILES string of the molecule is N#Cc1cc(C(F)(F)F)ccc1N1CCN(C2CC2)CC1. The fraction of sp³-hybridized carbons (Fsp3) is 0.533. The van der Waals surface area contributed by atoms with Crippen molar-refractivity contribution in [2.75, 3.05) is 31.1 Å². The Morgan fingerprint density at radius 2 is 1.76 bits per heavy atom. The minimum Gasteiger partial charge on any atom is -0.368 e. The Bertz CT molecular complexity index is 565. The van der Waals surface area contributed by atoms with E-state index in [1.54, 1.807) is 0 Å². The van der Waals surface area contributed by atoms with Gasteiger partial charge in [0.25, 0.3) is 0 Å². The van der Waals surface area contributed by atoms with Gasteiger partial charge in [-0.1, -0.05) is 0 Å². The van der Waals surface area contributed by atoms with Crippen LogP contribution in [0.2, 0.25) is 0 Å². The summed E-state index contributed by atoms with van der Waals surface area (Å²) in [5.41, 5.74) is -0.0509. The number of alkyl halides is 3. The van der Waals surface area contributed by atoms with E-state index in [0.717, 1.165) is 38.3 Å². The highest BCUT2D eigenvalue weighted by Gasteiger charge is 2.33. The summed E-state index contributed by atoms with van der Waals surface area (Å²) in [4.78, 5) is 4.43. The first-order valence-corrected chi connectivity index (χ1v) is 7.09. The topological polar surface area (TPSA) is 30.3 Å². The molecule has 1 aromatic rings. The molecule has 3 rings (SSSR count). The Labute approximate surface area is 121 Å². The summed E-state index contributed by atoms with van der Waals surface area (Å²) in [5, 5.41) is 9.14. The maximum absolute atomic E-state index is 12.7. The van der Waals surface area contributed by atoms with Crippen LogP contribution in [0.25, 0.3) is 0 Å². The molecule has 0 N–H and O–H groups in total. The number of hydrogen-bond acceptors (Lipinski definition) is 3. The number of benzene rings is 1. The molecule has 2 fully saturated rings. The summed E-state index contributed by atoms with van der Waals surface area (Å²) in [5.74, 6) is 0. The van der Waals surface area contributed by atoms with E-state index in [1.807, 2.05) is 11.0 Å². The van der Waals surface area contributed by atoms with Crippen LogP contribution in [0.4, 0.5) is 18.9 Å². The van der Waals surface area contributed by atoms with Crippen molar-refractivity contribution < 1.29 is 13.2 Å².